The number of hydrogen-bond acceptors (Lipinski definition) is 4. The molecule has 6 heteroatoms. The summed E-state index contributed by atoms with van der Waals surface area (Å²) < 4.78 is 11.9. The Morgan fingerprint density at radius 2 is 2.04 bits per heavy atom. The van der Waals surface area contributed by atoms with E-state index in [4.69, 9.17) is 9.47 Å². The molecule has 2 bridgehead atoms. The van der Waals surface area contributed by atoms with Crippen molar-refractivity contribution in [1.82, 2.24) is 10.6 Å². The summed E-state index contributed by atoms with van der Waals surface area (Å²) in [5, 5.41) is 6.77. The topological polar surface area (TPSA) is 59.6 Å². The van der Waals surface area contributed by atoms with Gasteiger partial charge in [-0.25, -0.2) is 0 Å². The number of carbonyl (C=O) groups is 1. The number of fused-ring (bicyclic) bond motifs is 2. The first-order valence-corrected chi connectivity index (χ1v) is 9.47. The lowest BCUT2D eigenvalue weighted by molar-refractivity contribution is 0.0923. The zero-order valence-corrected chi connectivity index (χ0v) is 15.8. The molecule has 24 heavy (non-hydrogen) atoms. The smallest absolute Gasteiger partial charge is 0.251 e. The number of nitrogens with one attached hydrogen (secondary N) is 2. The molecule has 1 amide bonds. The molecule has 2 unspecified atom stereocenters. The molecule has 1 aromatic carbocycles. The van der Waals surface area contributed by atoms with Gasteiger partial charge in [-0.2, -0.15) is 0 Å². The lowest BCUT2D eigenvalue weighted by atomic mass is 9.99. The van der Waals surface area contributed by atoms with Crippen molar-refractivity contribution in [3.8, 4) is 11.5 Å². The van der Waals surface area contributed by atoms with E-state index in [2.05, 4.69) is 26.6 Å². The van der Waals surface area contributed by atoms with E-state index >= 15 is 0 Å². The second kappa shape index (κ2) is 7.74. The molecule has 2 saturated heterocycles. The molecule has 0 spiro atoms. The van der Waals surface area contributed by atoms with Crippen LogP contribution in [0.1, 0.15) is 49.4 Å². The SMILES string of the molecule is CCCOc1c(Br)cc(C(=O)NC2CC3CCC(C2)N3)cc1OC. The first-order valence-electron chi connectivity index (χ1n) is 8.68. The van der Waals surface area contributed by atoms with E-state index in [1.165, 1.54) is 12.8 Å². The van der Waals surface area contributed by atoms with Crippen LogP contribution < -0.4 is 20.1 Å². The van der Waals surface area contributed by atoms with Crippen LogP contribution in [0.5, 0.6) is 11.5 Å². The van der Waals surface area contributed by atoms with Crippen LogP contribution in [0.3, 0.4) is 0 Å². The third-order valence-corrected chi connectivity index (χ3v) is 5.34. The van der Waals surface area contributed by atoms with Gasteiger partial charge in [0.1, 0.15) is 0 Å². The highest BCUT2D eigenvalue weighted by molar-refractivity contribution is 9.10. The fourth-order valence-corrected chi connectivity index (χ4v) is 4.20. The lowest BCUT2D eigenvalue weighted by Gasteiger charge is -2.29. The number of piperidine rings is 1. The van der Waals surface area contributed by atoms with Gasteiger partial charge in [0.25, 0.3) is 5.91 Å². The predicted octanol–water partition coefficient (Wildman–Crippen LogP) is 3.26. The Morgan fingerprint density at radius 1 is 1.33 bits per heavy atom. The highest BCUT2D eigenvalue weighted by atomic mass is 79.9. The molecule has 2 heterocycles. The Hall–Kier alpha value is -1.27. The summed E-state index contributed by atoms with van der Waals surface area (Å²) in [7, 11) is 1.59. The summed E-state index contributed by atoms with van der Waals surface area (Å²) in [5.74, 6) is 1.17. The van der Waals surface area contributed by atoms with Crippen LogP contribution in [-0.2, 0) is 0 Å². The fraction of sp³-hybridized carbons (Fsp3) is 0.611. The van der Waals surface area contributed by atoms with Gasteiger partial charge < -0.3 is 20.1 Å². The Labute approximate surface area is 151 Å². The molecule has 0 saturated carbocycles. The average molecular weight is 397 g/mol. The fourth-order valence-electron chi connectivity index (χ4n) is 3.64. The van der Waals surface area contributed by atoms with Gasteiger partial charge in [0.05, 0.1) is 18.2 Å². The standard InChI is InChI=1S/C18H25BrN2O3/c1-3-6-24-17-15(19)7-11(8-16(17)23-2)18(22)21-14-9-12-4-5-13(10-14)20-12/h7-8,12-14,20H,3-6,9-10H2,1-2H3,(H,21,22). The Morgan fingerprint density at radius 3 is 2.67 bits per heavy atom. The third-order valence-electron chi connectivity index (χ3n) is 4.75. The third kappa shape index (κ3) is 3.86. The number of carbonyl (C=O) groups excluding carboxylic acids is 1. The molecule has 2 fully saturated rings. The number of ether oxygens (including phenoxy) is 2. The van der Waals surface area contributed by atoms with Gasteiger partial charge in [-0.1, -0.05) is 6.92 Å². The van der Waals surface area contributed by atoms with Gasteiger partial charge in [-0.3, -0.25) is 4.79 Å². The maximum Gasteiger partial charge on any atom is 0.251 e. The molecule has 132 valence electrons. The number of benzene rings is 1. The van der Waals surface area contributed by atoms with E-state index in [1.54, 1.807) is 19.2 Å². The molecule has 0 aromatic heterocycles. The Kier molecular flexibility index (Phi) is 5.66. The molecule has 0 radical (unpaired) electrons. The second-order valence-electron chi connectivity index (χ2n) is 6.62. The van der Waals surface area contributed by atoms with Crippen LogP contribution >= 0.6 is 15.9 Å². The van der Waals surface area contributed by atoms with Crippen molar-refractivity contribution >= 4 is 21.8 Å². The molecule has 2 aliphatic rings. The van der Waals surface area contributed by atoms with E-state index < -0.39 is 0 Å². The molecule has 2 aliphatic heterocycles. The van der Waals surface area contributed by atoms with Crippen molar-refractivity contribution in [2.75, 3.05) is 13.7 Å². The van der Waals surface area contributed by atoms with Crippen LogP contribution in [0.15, 0.2) is 16.6 Å². The molecule has 5 nitrogen and oxygen atoms in total. The maximum absolute atomic E-state index is 12.6. The van der Waals surface area contributed by atoms with Crippen molar-refractivity contribution in [3.63, 3.8) is 0 Å². The van der Waals surface area contributed by atoms with Gasteiger partial charge in [-0.05, 0) is 60.2 Å². The van der Waals surface area contributed by atoms with E-state index in [-0.39, 0.29) is 11.9 Å². The van der Waals surface area contributed by atoms with Crippen LogP contribution in [0.25, 0.3) is 0 Å². The minimum atomic E-state index is -0.0534. The van der Waals surface area contributed by atoms with Crippen molar-refractivity contribution in [2.45, 2.75) is 57.2 Å². The van der Waals surface area contributed by atoms with Gasteiger partial charge >= 0.3 is 0 Å². The minimum Gasteiger partial charge on any atom is -0.493 e. The molecular formula is C18H25BrN2O3. The first kappa shape index (κ1) is 17.5. The second-order valence-corrected chi connectivity index (χ2v) is 7.47. The zero-order valence-electron chi connectivity index (χ0n) is 14.2. The summed E-state index contributed by atoms with van der Waals surface area (Å²) >= 11 is 3.50. The van der Waals surface area contributed by atoms with Crippen molar-refractivity contribution in [1.29, 1.82) is 0 Å². The summed E-state index contributed by atoms with van der Waals surface area (Å²) in [6.07, 6.45) is 5.38. The molecular weight excluding hydrogens is 372 g/mol. The quantitative estimate of drug-likeness (QED) is 0.774. The molecule has 2 N–H and O–H groups in total. The molecule has 0 aliphatic carbocycles. The predicted molar refractivity (Wildman–Crippen MR) is 96.9 cm³/mol. The van der Waals surface area contributed by atoms with Gasteiger partial charge in [0.2, 0.25) is 0 Å². The van der Waals surface area contributed by atoms with Crippen molar-refractivity contribution in [3.05, 3.63) is 22.2 Å². The molecule has 3 rings (SSSR count). The van der Waals surface area contributed by atoms with Gasteiger partial charge in [0.15, 0.2) is 11.5 Å². The number of hydrogen-bond donors (Lipinski definition) is 2. The average Bonchev–Trinajstić information content (AvgIpc) is 2.91. The van der Waals surface area contributed by atoms with E-state index in [1.807, 2.05) is 6.92 Å². The monoisotopic (exact) mass is 396 g/mol. The maximum atomic E-state index is 12.6. The van der Waals surface area contributed by atoms with Crippen LogP contribution in [0.4, 0.5) is 0 Å². The number of rotatable bonds is 6. The lowest BCUT2D eigenvalue weighted by Crippen LogP contribution is -2.48. The number of halogens is 1. The summed E-state index contributed by atoms with van der Waals surface area (Å²) in [5.41, 5.74) is 0.591. The molecule has 1 aromatic rings. The van der Waals surface area contributed by atoms with Crippen molar-refractivity contribution in [2.24, 2.45) is 0 Å². The minimum absolute atomic E-state index is 0.0534. The van der Waals surface area contributed by atoms with E-state index in [0.29, 0.717) is 35.8 Å². The summed E-state index contributed by atoms with van der Waals surface area (Å²) in [6.45, 7) is 2.66. The zero-order chi connectivity index (χ0) is 17.1. The van der Waals surface area contributed by atoms with E-state index in [0.717, 1.165) is 23.7 Å². The van der Waals surface area contributed by atoms with Crippen molar-refractivity contribution < 1.29 is 14.3 Å². The van der Waals surface area contributed by atoms with Gasteiger partial charge in [0, 0.05) is 23.7 Å². The normalized spacial score (nSPS) is 25.4. The molecule has 2 atom stereocenters. The first-order chi connectivity index (χ1) is 11.6. The summed E-state index contributed by atoms with van der Waals surface area (Å²) in [4.78, 5) is 12.6. The highest BCUT2D eigenvalue weighted by Crippen LogP contribution is 2.37. The summed E-state index contributed by atoms with van der Waals surface area (Å²) in [6, 6.07) is 4.91. The van der Waals surface area contributed by atoms with Crippen LogP contribution in [0.2, 0.25) is 0 Å². The van der Waals surface area contributed by atoms with Gasteiger partial charge in [-0.15, -0.1) is 0 Å². The van der Waals surface area contributed by atoms with Crippen LogP contribution in [-0.4, -0.2) is 37.7 Å². The highest BCUT2D eigenvalue weighted by Gasteiger charge is 2.34. The van der Waals surface area contributed by atoms with E-state index in [9.17, 15) is 4.79 Å². The Balaban J connectivity index is 1.71. The van der Waals surface area contributed by atoms with Crippen LogP contribution in [0, 0.1) is 0 Å². The Bertz CT molecular complexity index is 596. The number of amides is 1. The number of methoxy groups -OCH3 is 1. The largest absolute Gasteiger partial charge is 0.493 e.